The van der Waals surface area contributed by atoms with Crippen LogP contribution in [0.3, 0.4) is 0 Å². The van der Waals surface area contributed by atoms with Gasteiger partial charge in [0, 0.05) is 6.08 Å². The van der Waals surface area contributed by atoms with Crippen molar-refractivity contribution >= 4 is 17.7 Å². The molecule has 24 heavy (non-hydrogen) atoms. The molecule has 0 aliphatic rings. The molecule has 0 unspecified atom stereocenters. The summed E-state index contributed by atoms with van der Waals surface area (Å²) in [5.74, 6) is 1.27. The Balaban J connectivity index is 1.91. The number of amides is 1. The average Bonchev–Trinajstić information content (AvgIpc) is 2.62. The number of unbranched alkanes of at least 4 members (excludes halogenated alkanes) is 1. The predicted molar refractivity (Wildman–Crippen MR) is 97.5 cm³/mol. The molecular formula is C20H23NO3. The van der Waals surface area contributed by atoms with E-state index in [1.807, 2.05) is 36.4 Å². The molecule has 0 saturated carbocycles. The summed E-state index contributed by atoms with van der Waals surface area (Å²) in [6, 6.07) is 15.0. The lowest BCUT2D eigenvalue weighted by Gasteiger charge is -2.08. The molecule has 0 fully saturated rings. The quantitative estimate of drug-likeness (QED) is 0.573. The molecule has 0 aliphatic carbocycles. The molecule has 1 amide bonds. The van der Waals surface area contributed by atoms with E-state index in [9.17, 15) is 4.79 Å². The van der Waals surface area contributed by atoms with E-state index in [1.165, 1.54) is 6.08 Å². The van der Waals surface area contributed by atoms with Gasteiger partial charge >= 0.3 is 0 Å². The number of rotatable bonds is 8. The second-order valence-electron chi connectivity index (χ2n) is 5.29. The zero-order valence-corrected chi connectivity index (χ0v) is 14.1. The van der Waals surface area contributed by atoms with Crippen molar-refractivity contribution in [1.82, 2.24) is 0 Å². The van der Waals surface area contributed by atoms with Gasteiger partial charge in [-0.2, -0.15) is 0 Å². The lowest BCUT2D eigenvalue weighted by molar-refractivity contribution is -0.111. The van der Waals surface area contributed by atoms with Gasteiger partial charge in [-0.25, -0.2) is 0 Å². The Morgan fingerprint density at radius 3 is 2.58 bits per heavy atom. The molecule has 0 radical (unpaired) electrons. The number of anilines is 1. The van der Waals surface area contributed by atoms with Gasteiger partial charge in [0.1, 0.15) is 11.5 Å². The number of methoxy groups -OCH3 is 1. The Labute approximate surface area is 143 Å². The molecule has 4 nitrogen and oxygen atoms in total. The molecule has 1 N–H and O–H groups in total. The highest BCUT2D eigenvalue weighted by Crippen LogP contribution is 2.23. The van der Waals surface area contributed by atoms with E-state index >= 15 is 0 Å². The molecule has 2 rings (SSSR count). The van der Waals surface area contributed by atoms with E-state index < -0.39 is 0 Å². The molecule has 0 heterocycles. The SMILES string of the molecule is CCCCOc1ccc(/C=C/C(=O)Nc2ccccc2OC)cc1. The fraction of sp³-hybridized carbons (Fsp3) is 0.250. The van der Waals surface area contributed by atoms with Crippen LogP contribution in [-0.4, -0.2) is 19.6 Å². The first kappa shape index (κ1) is 17.6. The fourth-order valence-electron chi connectivity index (χ4n) is 2.10. The highest BCUT2D eigenvalue weighted by Gasteiger charge is 2.03. The number of carbonyl (C=O) groups excluding carboxylic acids is 1. The number of benzene rings is 2. The molecule has 0 saturated heterocycles. The van der Waals surface area contributed by atoms with Gasteiger partial charge in [0.25, 0.3) is 0 Å². The van der Waals surface area contributed by atoms with Crippen LogP contribution in [0.2, 0.25) is 0 Å². The van der Waals surface area contributed by atoms with E-state index in [4.69, 9.17) is 9.47 Å². The van der Waals surface area contributed by atoms with Crippen molar-refractivity contribution in [1.29, 1.82) is 0 Å². The highest BCUT2D eigenvalue weighted by molar-refractivity contribution is 6.02. The van der Waals surface area contributed by atoms with Crippen molar-refractivity contribution in [3.8, 4) is 11.5 Å². The van der Waals surface area contributed by atoms with Crippen molar-refractivity contribution in [2.24, 2.45) is 0 Å². The van der Waals surface area contributed by atoms with Crippen LogP contribution in [0.15, 0.2) is 54.6 Å². The normalized spacial score (nSPS) is 10.6. The lowest BCUT2D eigenvalue weighted by atomic mass is 10.2. The van der Waals surface area contributed by atoms with Crippen LogP contribution in [0.1, 0.15) is 25.3 Å². The second kappa shape index (κ2) is 9.40. The van der Waals surface area contributed by atoms with Gasteiger partial charge in [-0.3, -0.25) is 4.79 Å². The molecule has 0 aliphatic heterocycles. The maximum atomic E-state index is 12.0. The number of hydrogen-bond acceptors (Lipinski definition) is 3. The van der Waals surface area contributed by atoms with Crippen LogP contribution in [0.25, 0.3) is 6.08 Å². The third-order valence-corrected chi connectivity index (χ3v) is 3.44. The van der Waals surface area contributed by atoms with Gasteiger partial charge in [0.05, 0.1) is 19.4 Å². The van der Waals surface area contributed by atoms with E-state index in [0.717, 1.165) is 30.8 Å². The van der Waals surface area contributed by atoms with Gasteiger partial charge in [-0.1, -0.05) is 37.6 Å². The van der Waals surface area contributed by atoms with Gasteiger partial charge in [0.2, 0.25) is 5.91 Å². The zero-order valence-electron chi connectivity index (χ0n) is 14.1. The van der Waals surface area contributed by atoms with Gasteiger partial charge in [-0.05, 0) is 42.3 Å². The molecular weight excluding hydrogens is 302 g/mol. The second-order valence-corrected chi connectivity index (χ2v) is 5.29. The standard InChI is InChI=1S/C20H23NO3/c1-3-4-15-24-17-12-9-16(10-13-17)11-14-20(22)21-18-7-5-6-8-19(18)23-2/h5-14H,3-4,15H2,1-2H3,(H,21,22)/b14-11+. The Hall–Kier alpha value is -2.75. The number of ether oxygens (including phenoxy) is 2. The summed E-state index contributed by atoms with van der Waals surface area (Å²) < 4.78 is 10.8. The minimum absolute atomic E-state index is 0.206. The van der Waals surface area contributed by atoms with Gasteiger partial charge < -0.3 is 14.8 Å². The maximum Gasteiger partial charge on any atom is 0.248 e. The third kappa shape index (κ3) is 5.47. The summed E-state index contributed by atoms with van der Waals surface area (Å²) in [6.07, 6.45) is 5.42. The molecule has 4 heteroatoms. The summed E-state index contributed by atoms with van der Waals surface area (Å²) in [5.41, 5.74) is 1.59. The number of nitrogens with one attached hydrogen (secondary N) is 1. The van der Waals surface area contributed by atoms with E-state index in [0.29, 0.717) is 11.4 Å². The summed E-state index contributed by atoms with van der Waals surface area (Å²) in [4.78, 5) is 12.0. The van der Waals surface area contributed by atoms with Crippen LogP contribution in [0.5, 0.6) is 11.5 Å². The number of hydrogen-bond donors (Lipinski definition) is 1. The van der Waals surface area contributed by atoms with Crippen LogP contribution in [0, 0.1) is 0 Å². The molecule has 126 valence electrons. The van der Waals surface area contributed by atoms with Crippen molar-refractivity contribution in [2.45, 2.75) is 19.8 Å². The van der Waals surface area contributed by atoms with E-state index in [-0.39, 0.29) is 5.91 Å². The largest absolute Gasteiger partial charge is 0.495 e. The average molecular weight is 325 g/mol. The van der Waals surface area contributed by atoms with Crippen molar-refractivity contribution in [3.05, 3.63) is 60.2 Å². The Morgan fingerprint density at radius 2 is 1.88 bits per heavy atom. The molecule has 2 aromatic rings. The Morgan fingerprint density at radius 1 is 1.12 bits per heavy atom. The minimum atomic E-state index is -0.206. The smallest absolute Gasteiger partial charge is 0.248 e. The summed E-state index contributed by atoms with van der Waals surface area (Å²) in [6.45, 7) is 2.86. The van der Waals surface area contributed by atoms with E-state index in [1.54, 1.807) is 25.3 Å². The third-order valence-electron chi connectivity index (χ3n) is 3.44. The van der Waals surface area contributed by atoms with Crippen LogP contribution in [0.4, 0.5) is 5.69 Å². The van der Waals surface area contributed by atoms with Crippen LogP contribution < -0.4 is 14.8 Å². The van der Waals surface area contributed by atoms with Gasteiger partial charge in [0.15, 0.2) is 0 Å². The summed E-state index contributed by atoms with van der Waals surface area (Å²) in [7, 11) is 1.57. The molecule has 2 aromatic carbocycles. The molecule has 0 spiro atoms. The predicted octanol–water partition coefficient (Wildman–Crippen LogP) is 4.53. The van der Waals surface area contributed by atoms with Crippen molar-refractivity contribution < 1.29 is 14.3 Å². The topological polar surface area (TPSA) is 47.6 Å². The fourth-order valence-corrected chi connectivity index (χ4v) is 2.10. The summed E-state index contributed by atoms with van der Waals surface area (Å²) in [5, 5.41) is 2.80. The zero-order chi connectivity index (χ0) is 17.2. The first-order valence-electron chi connectivity index (χ1n) is 8.08. The molecule has 0 aromatic heterocycles. The Kier molecular flexibility index (Phi) is 6.90. The molecule has 0 bridgehead atoms. The summed E-state index contributed by atoms with van der Waals surface area (Å²) >= 11 is 0. The minimum Gasteiger partial charge on any atom is -0.495 e. The van der Waals surface area contributed by atoms with E-state index in [2.05, 4.69) is 12.2 Å². The van der Waals surface area contributed by atoms with Gasteiger partial charge in [-0.15, -0.1) is 0 Å². The van der Waals surface area contributed by atoms with Crippen LogP contribution in [-0.2, 0) is 4.79 Å². The Bertz CT molecular complexity index is 678. The maximum absolute atomic E-state index is 12.0. The first-order chi connectivity index (χ1) is 11.7. The van der Waals surface area contributed by atoms with Crippen molar-refractivity contribution in [3.63, 3.8) is 0 Å². The number of para-hydroxylation sites is 2. The highest BCUT2D eigenvalue weighted by atomic mass is 16.5. The molecule has 0 atom stereocenters. The monoisotopic (exact) mass is 325 g/mol. The van der Waals surface area contributed by atoms with Crippen LogP contribution >= 0.6 is 0 Å². The van der Waals surface area contributed by atoms with Crippen molar-refractivity contribution in [2.75, 3.05) is 19.0 Å². The number of carbonyl (C=O) groups is 1. The lowest BCUT2D eigenvalue weighted by Crippen LogP contribution is -2.08. The first-order valence-corrected chi connectivity index (χ1v) is 8.08.